The molecule has 0 atom stereocenters. The summed E-state index contributed by atoms with van der Waals surface area (Å²) in [6, 6.07) is 9.10. The van der Waals surface area contributed by atoms with Gasteiger partial charge in [-0.1, -0.05) is 51.1 Å². The zero-order valence-corrected chi connectivity index (χ0v) is 9.36. The van der Waals surface area contributed by atoms with Crippen LogP contribution in [0.3, 0.4) is 0 Å². The van der Waals surface area contributed by atoms with Gasteiger partial charge >= 0.3 is 0 Å². The van der Waals surface area contributed by atoms with Gasteiger partial charge in [-0.25, -0.2) is 5.16 Å². The lowest BCUT2D eigenvalue weighted by atomic mass is 10.00. The van der Waals surface area contributed by atoms with E-state index in [4.69, 9.17) is 0 Å². The average molecular weight is 207 g/mol. The molecule has 3 heteroatoms. The summed E-state index contributed by atoms with van der Waals surface area (Å²) in [5.41, 5.74) is 0.731. The Hall–Kier alpha value is -1.64. The molecule has 0 radical (unpaired) electrons. The molecular formula is C12H17NO2. The van der Waals surface area contributed by atoms with Gasteiger partial charge in [-0.3, -0.25) is 4.79 Å². The Labute approximate surface area is 90.4 Å². The molecule has 0 fully saturated rings. The minimum Gasteiger partial charge on any atom is -0.626 e. The van der Waals surface area contributed by atoms with Crippen LogP contribution in [0.5, 0.6) is 0 Å². The van der Waals surface area contributed by atoms with E-state index in [-0.39, 0.29) is 5.41 Å². The summed E-state index contributed by atoms with van der Waals surface area (Å²) in [4.78, 5) is 10.0. The fourth-order valence-corrected chi connectivity index (χ4v) is 0.708. The standard InChI is InChI=1S/C7H6O.C5H11NO/c8-6-7-4-2-1-3-5-7;1-5(2,3)4-6-7/h1-6H;4,6H,1-3H3. The van der Waals surface area contributed by atoms with E-state index in [1.165, 1.54) is 6.21 Å². The SMILES string of the molecule is CC(C)(C)C=[NH+][O-].O=Cc1ccccc1. The van der Waals surface area contributed by atoms with Crippen molar-refractivity contribution in [2.45, 2.75) is 20.8 Å². The Bertz CT molecular complexity index is 299. The minimum atomic E-state index is 0.00174. The Morgan fingerprint density at radius 1 is 1.20 bits per heavy atom. The summed E-state index contributed by atoms with van der Waals surface area (Å²) in [7, 11) is 0. The molecule has 82 valence electrons. The lowest BCUT2D eigenvalue weighted by Gasteiger charge is -2.04. The minimum absolute atomic E-state index is 0.00174. The second-order valence-electron chi connectivity index (χ2n) is 4.16. The molecule has 15 heavy (non-hydrogen) atoms. The van der Waals surface area contributed by atoms with Gasteiger partial charge < -0.3 is 5.21 Å². The lowest BCUT2D eigenvalue weighted by Crippen LogP contribution is -2.62. The Balaban J connectivity index is 0.000000265. The largest absolute Gasteiger partial charge is 0.626 e. The first-order valence-corrected chi connectivity index (χ1v) is 4.72. The molecule has 1 aromatic rings. The van der Waals surface area contributed by atoms with Gasteiger partial charge in [-0.15, -0.1) is 0 Å². The van der Waals surface area contributed by atoms with Gasteiger partial charge in [0.25, 0.3) is 0 Å². The highest BCUT2D eigenvalue weighted by molar-refractivity contribution is 5.74. The van der Waals surface area contributed by atoms with E-state index in [0.717, 1.165) is 11.8 Å². The van der Waals surface area contributed by atoms with E-state index in [2.05, 4.69) is 0 Å². The number of hydrogen-bond acceptors (Lipinski definition) is 2. The number of hydrogen-bond donors (Lipinski definition) is 1. The van der Waals surface area contributed by atoms with Gasteiger partial charge in [-0.05, 0) is 0 Å². The second kappa shape index (κ2) is 6.76. The molecule has 1 aromatic carbocycles. The zero-order valence-electron chi connectivity index (χ0n) is 9.36. The van der Waals surface area contributed by atoms with Crippen LogP contribution < -0.4 is 5.16 Å². The molecule has 0 saturated heterocycles. The van der Waals surface area contributed by atoms with E-state index in [9.17, 15) is 10.0 Å². The third-order valence-corrected chi connectivity index (χ3v) is 1.43. The van der Waals surface area contributed by atoms with Crippen molar-refractivity contribution in [3.63, 3.8) is 0 Å². The summed E-state index contributed by atoms with van der Waals surface area (Å²) in [6.45, 7) is 5.87. The van der Waals surface area contributed by atoms with Crippen LogP contribution >= 0.6 is 0 Å². The van der Waals surface area contributed by atoms with Crippen LogP contribution in [0, 0.1) is 10.6 Å². The maximum atomic E-state index is 10.0. The number of aldehydes is 1. The zero-order chi connectivity index (χ0) is 11.7. The molecule has 3 nitrogen and oxygen atoms in total. The van der Waals surface area contributed by atoms with Crippen molar-refractivity contribution >= 4 is 12.5 Å². The fourth-order valence-electron chi connectivity index (χ4n) is 0.708. The Morgan fingerprint density at radius 2 is 1.73 bits per heavy atom. The van der Waals surface area contributed by atoms with Crippen molar-refractivity contribution in [3.05, 3.63) is 41.1 Å². The van der Waals surface area contributed by atoms with Gasteiger partial charge in [0.15, 0.2) is 6.21 Å². The van der Waals surface area contributed by atoms with Crippen molar-refractivity contribution in [1.82, 2.24) is 0 Å². The number of rotatable bonds is 1. The molecule has 0 aliphatic rings. The molecule has 0 bridgehead atoms. The van der Waals surface area contributed by atoms with Crippen LogP contribution in [0.1, 0.15) is 31.1 Å². The van der Waals surface area contributed by atoms with Crippen molar-refractivity contribution in [2.24, 2.45) is 5.41 Å². The van der Waals surface area contributed by atoms with Gasteiger partial charge in [0, 0.05) is 11.0 Å². The van der Waals surface area contributed by atoms with E-state index in [1.807, 2.05) is 39.0 Å². The molecule has 0 heterocycles. The van der Waals surface area contributed by atoms with Gasteiger partial charge in [0.05, 0.1) is 0 Å². The second-order valence-corrected chi connectivity index (χ2v) is 4.16. The van der Waals surface area contributed by atoms with E-state index >= 15 is 0 Å². The Morgan fingerprint density at radius 3 is 1.93 bits per heavy atom. The van der Waals surface area contributed by atoms with Gasteiger partial charge in [0.2, 0.25) is 0 Å². The summed E-state index contributed by atoms with van der Waals surface area (Å²) >= 11 is 0. The maximum Gasteiger partial charge on any atom is 0.154 e. The summed E-state index contributed by atoms with van der Waals surface area (Å²) < 4.78 is 0. The van der Waals surface area contributed by atoms with Crippen LogP contribution in [0.4, 0.5) is 0 Å². The molecule has 0 spiro atoms. The molecule has 1 N–H and O–H groups in total. The molecule has 0 aliphatic heterocycles. The monoisotopic (exact) mass is 207 g/mol. The third-order valence-electron chi connectivity index (χ3n) is 1.43. The summed E-state index contributed by atoms with van der Waals surface area (Å²) in [5, 5.41) is 11.4. The van der Waals surface area contributed by atoms with Crippen molar-refractivity contribution < 1.29 is 9.95 Å². The van der Waals surface area contributed by atoms with Gasteiger partial charge in [0.1, 0.15) is 6.29 Å². The highest BCUT2D eigenvalue weighted by atomic mass is 16.4. The van der Waals surface area contributed by atoms with Crippen LogP contribution in [0.15, 0.2) is 30.3 Å². The summed E-state index contributed by atoms with van der Waals surface area (Å²) in [6.07, 6.45) is 2.34. The highest BCUT2D eigenvalue weighted by Crippen LogP contribution is 2.04. The number of carbonyl (C=O) groups is 1. The molecule has 0 unspecified atom stereocenters. The molecule has 0 aliphatic carbocycles. The fraction of sp³-hybridized carbons (Fsp3) is 0.333. The smallest absolute Gasteiger partial charge is 0.154 e. The van der Waals surface area contributed by atoms with Crippen molar-refractivity contribution in [3.8, 4) is 0 Å². The summed E-state index contributed by atoms with van der Waals surface area (Å²) in [5.74, 6) is 0. The quantitative estimate of drug-likeness (QED) is 0.325. The predicted octanol–water partition coefficient (Wildman–Crippen LogP) is 1.18. The van der Waals surface area contributed by atoms with E-state index in [1.54, 1.807) is 17.3 Å². The molecule has 0 saturated carbocycles. The van der Waals surface area contributed by atoms with Crippen LogP contribution in [-0.2, 0) is 0 Å². The third kappa shape index (κ3) is 8.68. The molecule has 0 amide bonds. The first-order valence-electron chi connectivity index (χ1n) is 4.72. The molecule has 1 rings (SSSR count). The van der Waals surface area contributed by atoms with Crippen molar-refractivity contribution in [1.29, 1.82) is 0 Å². The van der Waals surface area contributed by atoms with E-state index in [0.29, 0.717) is 0 Å². The highest BCUT2D eigenvalue weighted by Gasteiger charge is 2.07. The van der Waals surface area contributed by atoms with Crippen LogP contribution in [0.25, 0.3) is 0 Å². The topological polar surface area (TPSA) is 54.1 Å². The number of nitrogens with one attached hydrogen (secondary N) is 1. The normalized spacial score (nSPS) is 10.6. The number of carbonyl (C=O) groups excluding carboxylic acids is 1. The Kier molecular flexibility index (Phi) is 6.02. The van der Waals surface area contributed by atoms with Gasteiger partial charge in [-0.2, -0.15) is 0 Å². The van der Waals surface area contributed by atoms with Crippen molar-refractivity contribution in [2.75, 3.05) is 0 Å². The lowest BCUT2D eigenvalue weighted by molar-refractivity contribution is -0.371. The van der Waals surface area contributed by atoms with E-state index < -0.39 is 0 Å². The molecular weight excluding hydrogens is 190 g/mol. The predicted molar refractivity (Wildman–Crippen MR) is 61.7 cm³/mol. The first kappa shape index (κ1) is 13.4. The average Bonchev–Trinajstić information content (AvgIpc) is 2.18. The molecule has 0 aromatic heterocycles. The maximum absolute atomic E-state index is 10.0. The first-order chi connectivity index (χ1) is 6.99. The van der Waals surface area contributed by atoms with Crippen LogP contribution in [-0.4, -0.2) is 12.5 Å². The van der Waals surface area contributed by atoms with Crippen LogP contribution in [0.2, 0.25) is 0 Å². The number of benzene rings is 1.